The van der Waals surface area contributed by atoms with Crippen LogP contribution in [0.15, 0.2) is 29.3 Å². The van der Waals surface area contributed by atoms with Crippen LogP contribution in [-0.2, 0) is 34.2 Å². The van der Waals surface area contributed by atoms with E-state index in [1.54, 1.807) is 15.1 Å². The van der Waals surface area contributed by atoms with Crippen molar-refractivity contribution in [2.45, 2.75) is 56.1 Å². The Kier molecular flexibility index (Phi) is 4.72. The van der Waals surface area contributed by atoms with E-state index in [1.807, 2.05) is 18.3 Å². The maximum absolute atomic E-state index is 13.1. The van der Waals surface area contributed by atoms with E-state index in [4.69, 9.17) is 4.74 Å². The molecule has 150 valence electrons. The number of sulfonamides is 1. The van der Waals surface area contributed by atoms with Crippen LogP contribution in [0.25, 0.3) is 0 Å². The van der Waals surface area contributed by atoms with Crippen LogP contribution >= 0.6 is 0 Å². The third kappa shape index (κ3) is 3.60. The Bertz CT molecular complexity index is 968. The van der Waals surface area contributed by atoms with Crippen molar-refractivity contribution in [2.24, 2.45) is 5.92 Å². The standard InChI is InChI=1S/C20H26N4O3S/c25-28(26,20-7-6-16-2-1-3-17(16)10-20)23-9-8-19(12-23)24-11-18(21-22-24)14-27-13-15-4-5-15/h6-7,10-11,15,19H,1-5,8-9,12-14H2. The van der Waals surface area contributed by atoms with Crippen molar-refractivity contribution in [1.29, 1.82) is 0 Å². The molecule has 2 aromatic rings. The summed E-state index contributed by atoms with van der Waals surface area (Å²) in [4.78, 5) is 0.418. The van der Waals surface area contributed by atoms with Crippen molar-refractivity contribution in [3.8, 4) is 0 Å². The van der Waals surface area contributed by atoms with E-state index in [0.29, 0.717) is 24.6 Å². The number of nitrogens with zero attached hydrogens (tertiary/aromatic N) is 4. The molecule has 1 saturated heterocycles. The number of hydrogen-bond donors (Lipinski definition) is 0. The minimum absolute atomic E-state index is 0.0221. The van der Waals surface area contributed by atoms with Crippen molar-refractivity contribution in [2.75, 3.05) is 19.7 Å². The van der Waals surface area contributed by atoms with E-state index in [1.165, 1.54) is 24.0 Å². The molecule has 8 heteroatoms. The van der Waals surface area contributed by atoms with Crippen molar-refractivity contribution < 1.29 is 13.2 Å². The average Bonchev–Trinajstić information content (AvgIpc) is 3.10. The summed E-state index contributed by atoms with van der Waals surface area (Å²) in [5.41, 5.74) is 3.28. The highest BCUT2D eigenvalue weighted by molar-refractivity contribution is 7.89. The molecular weight excluding hydrogens is 376 g/mol. The van der Waals surface area contributed by atoms with Gasteiger partial charge in [-0.25, -0.2) is 13.1 Å². The van der Waals surface area contributed by atoms with Crippen LogP contribution in [0, 0.1) is 5.92 Å². The molecule has 2 heterocycles. The average molecular weight is 403 g/mol. The topological polar surface area (TPSA) is 77.3 Å². The van der Waals surface area contributed by atoms with Crippen LogP contribution < -0.4 is 0 Å². The van der Waals surface area contributed by atoms with Crippen molar-refractivity contribution in [3.05, 3.63) is 41.2 Å². The maximum Gasteiger partial charge on any atom is 0.243 e. The van der Waals surface area contributed by atoms with E-state index in [2.05, 4.69) is 10.3 Å². The minimum atomic E-state index is -3.46. The molecule has 1 aromatic carbocycles. The minimum Gasteiger partial charge on any atom is -0.375 e. The normalized spacial score (nSPS) is 22.6. The highest BCUT2D eigenvalue weighted by atomic mass is 32.2. The molecule has 0 N–H and O–H groups in total. The molecule has 1 saturated carbocycles. The number of aryl methyl sites for hydroxylation is 2. The first kappa shape index (κ1) is 18.3. The van der Waals surface area contributed by atoms with Gasteiger partial charge in [0.2, 0.25) is 10.0 Å². The van der Waals surface area contributed by atoms with E-state index in [-0.39, 0.29) is 6.04 Å². The van der Waals surface area contributed by atoms with Gasteiger partial charge in [0.05, 0.1) is 23.7 Å². The number of benzene rings is 1. The highest BCUT2D eigenvalue weighted by Gasteiger charge is 2.34. The summed E-state index contributed by atoms with van der Waals surface area (Å²) in [5, 5.41) is 8.40. The highest BCUT2D eigenvalue weighted by Crippen LogP contribution is 2.31. The summed E-state index contributed by atoms with van der Waals surface area (Å²) in [6.07, 6.45) is 8.32. The first-order valence-corrected chi connectivity index (χ1v) is 11.6. The van der Waals surface area contributed by atoms with Crippen LogP contribution in [0.1, 0.15) is 48.5 Å². The van der Waals surface area contributed by atoms with Crippen LogP contribution in [0.2, 0.25) is 0 Å². The number of ether oxygens (including phenoxy) is 1. The molecule has 0 radical (unpaired) electrons. The lowest BCUT2D eigenvalue weighted by Crippen LogP contribution is -2.29. The summed E-state index contributed by atoms with van der Waals surface area (Å²) in [5.74, 6) is 0.725. The SMILES string of the molecule is O=S(=O)(c1ccc2c(c1)CCC2)N1CCC(n2cc(COCC3CC3)nn2)C1. The lowest BCUT2D eigenvalue weighted by molar-refractivity contribution is 0.108. The third-order valence-corrected chi connectivity index (χ3v) is 7.93. The Morgan fingerprint density at radius 2 is 2.00 bits per heavy atom. The second-order valence-electron chi connectivity index (χ2n) is 8.24. The summed E-state index contributed by atoms with van der Waals surface area (Å²) in [7, 11) is -3.46. The van der Waals surface area contributed by atoms with Crippen molar-refractivity contribution in [1.82, 2.24) is 19.3 Å². The Labute approximate surface area is 165 Å². The number of aromatic nitrogens is 3. The predicted octanol–water partition coefficient (Wildman–Crippen LogP) is 2.33. The van der Waals surface area contributed by atoms with Gasteiger partial charge in [0, 0.05) is 19.7 Å². The van der Waals surface area contributed by atoms with E-state index >= 15 is 0 Å². The zero-order chi connectivity index (χ0) is 19.1. The zero-order valence-corrected chi connectivity index (χ0v) is 16.8. The Morgan fingerprint density at radius 1 is 1.14 bits per heavy atom. The Balaban J connectivity index is 1.24. The van der Waals surface area contributed by atoms with Crippen molar-refractivity contribution >= 4 is 10.0 Å². The fourth-order valence-electron chi connectivity index (χ4n) is 4.18. The molecule has 1 atom stereocenters. The second kappa shape index (κ2) is 7.24. The Morgan fingerprint density at radius 3 is 2.86 bits per heavy atom. The maximum atomic E-state index is 13.1. The van der Waals surface area contributed by atoms with Gasteiger partial charge in [-0.1, -0.05) is 11.3 Å². The molecule has 0 bridgehead atoms. The van der Waals surface area contributed by atoms with Gasteiger partial charge in [-0.05, 0) is 67.7 Å². The largest absolute Gasteiger partial charge is 0.375 e. The van der Waals surface area contributed by atoms with Crippen LogP contribution in [0.3, 0.4) is 0 Å². The molecule has 2 fully saturated rings. The van der Waals surface area contributed by atoms with Gasteiger partial charge in [0.25, 0.3) is 0 Å². The molecule has 1 aliphatic heterocycles. The van der Waals surface area contributed by atoms with Gasteiger partial charge in [-0.15, -0.1) is 5.10 Å². The lowest BCUT2D eigenvalue weighted by Gasteiger charge is -2.17. The van der Waals surface area contributed by atoms with Crippen molar-refractivity contribution in [3.63, 3.8) is 0 Å². The molecule has 1 aromatic heterocycles. The summed E-state index contributed by atoms with van der Waals surface area (Å²) < 4.78 is 35.2. The molecule has 3 aliphatic rings. The van der Waals surface area contributed by atoms with E-state index in [9.17, 15) is 8.42 Å². The quantitative estimate of drug-likeness (QED) is 0.710. The van der Waals surface area contributed by atoms with Gasteiger partial charge in [0.1, 0.15) is 5.69 Å². The lowest BCUT2D eigenvalue weighted by atomic mass is 10.1. The summed E-state index contributed by atoms with van der Waals surface area (Å²) in [6.45, 7) is 2.21. The van der Waals surface area contributed by atoms with Gasteiger partial charge in [-0.2, -0.15) is 4.31 Å². The summed E-state index contributed by atoms with van der Waals surface area (Å²) >= 11 is 0. The molecule has 1 unspecified atom stereocenters. The smallest absolute Gasteiger partial charge is 0.243 e. The third-order valence-electron chi connectivity index (χ3n) is 6.07. The van der Waals surface area contributed by atoms with Gasteiger partial charge >= 0.3 is 0 Å². The molecular formula is C20H26N4O3S. The van der Waals surface area contributed by atoms with Crippen LogP contribution in [0.4, 0.5) is 0 Å². The fraction of sp³-hybridized carbons (Fsp3) is 0.600. The van der Waals surface area contributed by atoms with Crippen LogP contribution in [0.5, 0.6) is 0 Å². The summed E-state index contributed by atoms with van der Waals surface area (Å²) in [6, 6.07) is 5.63. The second-order valence-corrected chi connectivity index (χ2v) is 10.2. The molecule has 28 heavy (non-hydrogen) atoms. The molecule has 5 rings (SSSR count). The van der Waals surface area contributed by atoms with E-state index < -0.39 is 10.0 Å². The first-order chi connectivity index (χ1) is 13.6. The number of rotatable bonds is 7. The van der Waals surface area contributed by atoms with Gasteiger partial charge in [-0.3, -0.25) is 0 Å². The first-order valence-electron chi connectivity index (χ1n) is 10.2. The molecule has 7 nitrogen and oxygen atoms in total. The van der Waals surface area contributed by atoms with Gasteiger partial charge < -0.3 is 4.74 Å². The van der Waals surface area contributed by atoms with Gasteiger partial charge in [0.15, 0.2) is 0 Å². The number of hydrogen-bond acceptors (Lipinski definition) is 5. The monoisotopic (exact) mass is 402 g/mol. The molecule has 0 amide bonds. The Hall–Kier alpha value is -1.77. The molecule has 2 aliphatic carbocycles. The van der Waals surface area contributed by atoms with E-state index in [0.717, 1.165) is 43.9 Å². The molecule has 0 spiro atoms. The predicted molar refractivity (Wildman–Crippen MR) is 103 cm³/mol. The number of fused-ring (bicyclic) bond motifs is 1. The zero-order valence-electron chi connectivity index (χ0n) is 16.0. The van der Waals surface area contributed by atoms with Crippen LogP contribution in [-0.4, -0.2) is 47.4 Å². The fourth-order valence-corrected chi connectivity index (χ4v) is 5.72.